The summed E-state index contributed by atoms with van der Waals surface area (Å²) in [5, 5.41) is 6.25. The molecular formula is C24H32N4O3+2. The molecule has 2 aromatic carbocycles. The van der Waals surface area contributed by atoms with Crippen LogP contribution in [0.3, 0.4) is 0 Å². The Balaban J connectivity index is 1.26. The van der Waals surface area contributed by atoms with Gasteiger partial charge in [0.1, 0.15) is 32.7 Å². The van der Waals surface area contributed by atoms with Gasteiger partial charge in [0.2, 0.25) is 0 Å². The highest BCUT2D eigenvalue weighted by molar-refractivity contribution is 6.02. The highest BCUT2D eigenvalue weighted by atomic mass is 16.5. The second-order valence-corrected chi connectivity index (χ2v) is 8.22. The average molecular weight is 425 g/mol. The van der Waals surface area contributed by atoms with Crippen LogP contribution in [0.5, 0.6) is 11.5 Å². The van der Waals surface area contributed by atoms with Crippen LogP contribution < -0.4 is 19.3 Å². The van der Waals surface area contributed by atoms with E-state index in [0.717, 1.165) is 61.9 Å². The molecule has 2 aliphatic heterocycles. The van der Waals surface area contributed by atoms with Crippen molar-refractivity contribution in [2.45, 2.75) is 13.0 Å². The summed E-state index contributed by atoms with van der Waals surface area (Å²) >= 11 is 0. The van der Waals surface area contributed by atoms with Crippen molar-refractivity contribution in [2.24, 2.45) is 5.10 Å². The first-order valence-corrected chi connectivity index (χ1v) is 11.0. The van der Waals surface area contributed by atoms with Gasteiger partial charge in [-0.1, -0.05) is 30.3 Å². The fourth-order valence-electron chi connectivity index (χ4n) is 4.37. The summed E-state index contributed by atoms with van der Waals surface area (Å²) < 4.78 is 10.7. The molecule has 0 spiro atoms. The molecule has 1 fully saturated rings. The molecule has 7 nitrogen and oxygen atoms in total. The lowest BCUT2D eigenvalue weighted by molar-refractivity contribution is -1.02. The van der Waals surface area contributed by atoms with Crippen LogP contribution in [-0.4, -0.2) is 70.1 Å². The normalized spacial score (nSPS) is 21.0. The van der Waals surface area contributed by atoms with Gasteiger partial charge in [-0.05, 0) is 23.8 Å². The van der Waals surface area contributed by atoms with Gasteiger partial charge in [0.25, 0.3) is 5.91 Å². The molecule has 1 saturated heterocycles. The number of methoxy groups -OCH3 is 2. The third-order valence-corrected chi connectivity index (χ3v) is 6.16. The summed E-state index contributed by atoms with van der Waals surface area (Å²) in [7, 11) is 3.32. The lowest BCUT2D eigenvalue weighted by Crippen LogP contribution is -3.28. The molecule has 0 unspecified atom stereocenters. The van der Waals surface area contributed by atoms with Gasteiger partial charge in [0.15, 0.2) is 18.0 Å². The third kappa shape index (κ3) is 5.24. The SMILES string of the molecule is COc1ccc(C[NH+]2CC[NH+](CC(=O)N3CCC(c4ccccc4)=N3)CC2)cc1OC. The molecule has 4 rings (SSSR count). The van der Waals surface area contributed by atoms with Crippen LogP contribution in [0.15, 0.2) is 53.6 Å². The van der Waals surface area contributed by atoms with Crippen molar-refractivity contribution in [2.75, 3.05) is 53.5 Å². The van der Waals surface area contributed by atoms with Gasteiger partial charge in [-0.25, -0.2) is 5.01 Å². The summed E-state index contributed by atoms with van der Waals surface area (Å²) in [4.78, 5) is 15.6. The Labute approximate surface area is 183 Å². The van der Waals surface area contributed by atoms with E-state index in [2.05, 4.69) is 29.4 Å². The Morgan fingerprint density at radius 1 is 0.968 bits per heavy atom. The fraction of sp³-hybridized carbons (Fsp3) is 0.417. The van der Waals surface area contributed by atoms with E-state index in [9.17, 15) is 4.79 Å². The van der Waals surface area contributed by atoms with Gasteiger partial charge in [0, 0.05) is 12.0 Å². The Kier molecular flexibility index (Phi) is 6.84. The van der Waals surface area contributed by atoms with Crippen molar-refractivity contribution in [1.29, 1.82) is 0 Å². The molecule has 0 saturated carbocycles. The molecule has 31 heavy (non-hydrogen) atoms. The van der Waals surface area contributed by atoms with Gasteiger partial charge in [-0.3, -0.25) is 4.79 Å². The van der Waals surface area contributed by atoms with E-state index in [0.29, 0.717) is 13.1 Å². The van der Waals surface area contributed by atoms with E-state index in [1.807, 2.05) is 24.3 Å². The maximum Gasteiger partial charge on any atom is 0.297 e. The molecule has 7 heteroatoms. The monoisotopic (exact) mass is 424 g/mol. The second kappa shape index (κ2) is 9.94. The van der Waals surface area contributed by atoms with Crippen molar-refractivity contribution in [3.63, 3.8) is 0 Å². The topological polar surface area (TPSA) is 60.0 Å². The quantitative estimate of drug-likeness (QED) is 0.637. The number of carbonyl (C=O) groups is 1. The summed E-state index contributed by atoms with van der Waals surface area (Å²) in [5.41, 5.74) is 3.36. The highest BCUT2D eigenvalue weighted by Gasteiger charge is 2.29. The Morgan fingerprint density at radius 2 is 1.68 bits per heavy atom. The van der Waals surface area contributed by atoms with E-state index < -0.39 is 0 Å². The fourth-order valence-corrected chi connectivity index (χ4v) is 4.37. The minimum atomic E-state index is 0.129. The molecule has 1 amide bonds. The third-order valence-electron chi connectivity index (χ3n) is 6.16. The molecule has 0 aliphatic carbocycles. The number of benzene rings is 2. The average Bonchev–Trinajstić information content (AvgIpc) is 3.31. The van der Waals surface area contributed by atoms with Gasteiger partial charge in [-0.15, -0.1) is 0 Å². The lowest BCUT2D eigenvalue weighted by Gasteiger charge is -2.30. The Bertz CT molecular complexity index is 924. The van der Waals surface area contributed by atoms with Crippen LogP contribution in [0.1, 0.15) is 17.5 Å². The zero-order valence-electron chi connectivity index (χ0n) is 18.4. The van der Waals surface area contributed by atoms with Crippen molar-refractivity contribution < 1.29 is 24.1 Å². The summed E-state index contributed by atoms with van der Waals surface area (Å²) in [6.07, 6.45) is 0.828. The predicted molar refractivity (Wildman–Crippen MR) is 119 cm³/mol. The number of nitrogens with one attached hydrogen (secondary N) is 2. The largest absolute Gasteiger partial charge is 0.493 e. The standard InChI is InChI=1S/C24H30N4O3/c1-30-22-9-8-19(16-23(22)31-2)17-26-12-14-27(15-13-26)18-24(29)28-11-10-21(25-28)20-6-4-3-5-7-20/h3-9,16H,10-15,17-18H2,1-2H3/p+2. The molecule has 0 atom stereocenters. The number of hydrogen-bond donors (Lipinski definition) is 2. The van der Waals surface area contributed by atoms with Crippen LogP contribution in [0, 0.1) is 0 Å². The number of ether oxygens (including phenoxy) is 2. The lowest BCUT2D eigenvalue weighted by atomic mass is 10.1. The highest BCUT2D eigenvalue weighted by Crippen LogP contribution is 2.27. The number of hydrazone groups is 1. The maximum atomic E-state index is 12.8. The number of amides is 1. The van der Waals surface area contributed by atoms with E-state index in [4.69, 9.17) is 9.47 Å². The number of quaternary nitrogens is 2. The number of rotatable bonds is 7. The van der Waals surface area contributed by atoms with Gasteiger partial charge in [-0.2, -0.15) is 5.10 Å². The zero-order chi connectivity index (χ0) is 21.6. The zero-order valence-corrected chi connectivity index (χ0v) is 18.4. The molecule has 0 aromatic heterocycles. The van der Waals surface area contributed by atoms with Crippen molar-refractivity contribution in [3.8, 4) is 11.5 Å². The summed E-state index contributed by atoms with van der Waals surface area (Å²) in [5.74, 6) is 1.66. The van der Waals surface area contributed by atoms with Gasteiger partial charge < -0.3 is 19.3 Å². The van der Waals surface area contributed by atoms with Crippen molar-refractivity contribution in [1.82, 2.24) is 5.01 Å². The molecule has 2 aliphatic rings. The molecule has 2 heterocycles. The van der Waals surface area contributed by atoms with Gasteiger partial charge in [0.05, 0.1) is 26.5 Å². The van der Waals surface area contributed by atoms with Crippen LogP contribution in [0.4, 0.5) is 0 Å². The minimum Gasteiger partial charge on any atom is -0.493 e. The first kappa shape index (κ1) is 21.3. The van der Waals surface area contributed by atoms with Crippen molar-refractivity contribution in [3.05, 3.63) is 59.7 Å². The van der Waals surface area contributed by atoms with E-state index in [-0.39, 0.29) is 5.91 Å². The first-order valence-electron chi connectivity index (χ1n) is 11.0. The molecule has 2 aromatic rings. The second-order valence-electron chi connectivity index (χ2n) is 8.22. The molecule has 164 valence electrons. The summed E-state index contributed by atoms with van der Waals surface area (Å²) in [6.45, 7) is 6.26. The first-order chi connectivity index (χ1) is 15.2. The number of hydrogen-bond acceptors (Lipinski definition) is 4. The van der Waals surface area contributed by atoms with Crippen LogP contribution in [0.25, 0.3) is 0 Å². The maximum absolute atomic E-state index is 12.8. The van der Waals surface area contributed by atoms with E-state index in [1.165, 1.54) is 15.4 Å². The number of nitrogens with zero attached hydrogens (tertiary/aromatic N) is 2. The smallest absolute Gasteiger partial charge is 0.297 e. The molecule has 0 bridgehead atoms. The number of piperazine rings is 1. The van der Waals surface area contributed by atoms with E-state index in [1.54, 1.807) is 19.2 Å². The molecule has 2 N–H and O–H groups in total. The Hall–Kier alpha value is -2.90. The molecular weight excluding hydrogens is 392 g/mol. The van der Waals surface area contributed by atoms with Crippen LogP contribution >= 0.6 is 0 Å². The Morgan fingerprint density at radius 3 is 2.39 bits per heavy atom. The van der Waals surface area contributed by atoms with Crippen molar-refractivity contribution >= 4 is 11.6 Å². The van der Waals surface area contributed by atoms with Crippen LogP contribution in [0.2, 0.25) is 0 Å². The molecule has 0 radical (unpaired) electrons. The minimum absolute atomic E-state index is 0.129. The van der Waals surface area contributed by atoms with Gasteiger partial charge >= 0.3 is 0 Å². The van der Waals surface area contributed by atoms with Crippen LogP contribution in [-0.2, 0) is 11.3 Å². The summed E-state index contributed by atoms with van der Waals surface area (Å²) in [6, 6.07) is 16.3. The predicted octanol–water partition coefficient (Wildman–Crippen LogP) is -0.376. The number of carbonyl (C=O) groups excluding carboxylic acids is 1. The van der Waals surface area contributed by atoms with E-state index >= 15 is 0 Å².